The third-order valence-electron chi connectivity index (χ3n) is 3.79. The van der Waals surface area contributed by atoms with Crippen molar-refractivity contribution in [3.63, 3.8) is 0 Å². The van der Waals surface area contributed by atoms with E-state index in [1.807, 2.05) is 13.8 Å². The standard InChI is InChI=1S/C14H21ClN2O2/c1-3-4-11-13(18)16-12(10-5-6-10)14(19)17(11)8-9(2)7-15/h7,10-12H,3-6,8H2,1-2H3,(H,16,18). The summed E-state index contributed by atoms with van der Waals surface area (Å²) in [5.41, 5.74) is 2.38. The van der Waals surface area contributed by atoms with Crippen molar-refractivity contribution in [1.29, 1.82) is 0 Å². The summed E-state index contributed by atoms with van der Waals surface area (Å²) in [4.78, 5) is 26.4. The topological polar surface area (TPSA) is 49.4 Å². The third kappa shape index (κ3) is 3.11. The van der Waals surface area contributed by atoms with Crippen LogP contribution in [0.2, 0.25) is 0 Å². The zero-order chi connectivity index (χ0) is 14.0. The normalized spacial score (nSPS) is 28.6. The van der Waals surface area contributed by atoms with Crippen LogP contribution < -0.4 is 5.32 Å². The first-order valence-corrected chi connectivity index (χ1v) is 7.38. The molecule has 2 aliphatic rings. The summed E-state index contributed by atoms with van der Waals surface area (Å²) in [7, 11) is 0. The van der Waals surface area contributed by atoms with Gasteiger partial charge in [0.2, 0.25) is 11.8 Å². The molecule has 2 amide bonds. The monoisotopic (exact) mass is 284 g/mol. The maximum Gasteiger partial charge on any atom is 0.246 e. The number of carbonyl (C=O) groups excluding carboxylic acids is 2. The molecule has 4 nitrogen and oxygen atoms in total. The van der Waals surface area contributed by atoms with Crippen LogP contribution in [-0.4, -0.2) is 35.3 Å². The van der Waals surface area contributed by atoms with E-state index in [1.165, 1.54) is 5.54 Å². The number of carbonyl (C=O) groups is 2. The molecule has 0 aromatic rings. The molecule has 0 bridgehead atoms. The van der Waals surface area contributed by atoms with Crippen LogP contribution in [0.1, 0.15) is 39.5 Å². The summed E-state index contributed by atoms with van der Waals surface area (Å²) in [6.45, 7) is 4.35. The van der Waals surface area contributed by atoms with Crippen molar-refractivity contribution in [1.82, 2.24) is 10.2 Å². The van der Waals surface area contributed by atoms with E-state index in [2.05, 4.69) is 5.32 Å². The lowest BCUT2D eigenvalue weighted by molar-refractivity contribution is -0.149. The van der Waals surface area contributed by atoms with E-state index in [-0.39, 0.29) is 23.9 Å². The number of hydrogen-bond donors (Lipinski definition) is 1. The molecule has 2 rings (SSSR count). The van der Waals surface area contributed by atoms with Crippen LogP contribution in [0.15, 0.2) is 11.1 Å². The van der Waals surface area contributed by atoms with Gasteiger partial charge in [0.1, 0.15) is 12.1 Å². The molecular weight excluding hydrogens is 264 g/mol. The van der Waals surface area contributed by atoms with Gasteiger partial charge in [-0.25, -0.2) is 0 Å². The van der Waals surface area contributed by atoms with E-state index in [0.717, 1.165) is 24.8 Å². The first kappa shape index (κ1) is 14.4. The number of nitrogens with one attached hydrogen (secondary N) is 1. The van der Waals surface area contributed by atoms with Crippen LogP contribution in [0.4, 0.5) is 0 Å². The molecular formula is C14H21ClN2O2. The molecule has 1 aliphatic heterocycles. The Labute approximate surface area is 119 Å². The lowest BCUT2D eigenvalue weighted by Crippen LogP contribution is -2.64. The molecule has 5 heteroatoms. The van der Waals surface area contributed by atoms with Crippen molar-refractivity contribution in [3.05, 3.63) is 11.1 Å². The van der Waals surface area contributed by atoms with E-state index >= 15 is 0 Å². The highest BCUT2D eigenvalue weighted by atomic mass is 35.5. The molecule has 2 atom stereocenters. The number of piperazine rings is 1. The molecule has 0 radical (unpaired) electrons. The molecule has 0 spiro atoms. The molecule has 2 unspecified atom stereocenters. The average molecular weight is 285 g/mol. The Morgan fingerprint density at radius 2 is 2.16 bits per heavy atom. The van der Waals surface area contributed by atoms with Gasteiger partial charge in [0.15, 0.2) is 0 Å². The second kappa shape index (κ2) is 5.95. The first-order chi connectivity index (χ1) is 9.08. The van der Waals surface area contributed by atoms with Crippen molar-refractivity contribution >= 4 is 23.4 Å². The van der Waals surface area contributed by atoms with Crippen molar-refractivity contribution in [2.24, 2.45) is 5.92 Å². The molecule has 106 valence electrons. The summed E-state index contributed by atoms with van der Waals surface area (Å²) in [6, 6.07) is -0.664. The van der Waals surface area contributed by atoms with Gasteiger partial charge >= 0.3 is 0 Å². The van der Waals surface area contributed by atoms with E-state index < -0.39 is 0 Å². The van der Waals surface area contributed by atoms with Gasteiger partial charge in [-0.1, -0.05) is 24.9 Å². The predicted octanol–water partition coefficient (Wildman–Crippen LogP) is 2.03. The van der Waals surface area contributed by atoms with E-state index in [4.69, 9.17) is 11.6 Å². The molecule has 1 saturated heterocycles. The molecule has 19 heavy (non-hydrogen) atoms. The van der Waals surface area contributed by atoms with Gasteiger partial charge in [-0.05, 0) is 37.7 Å². The molecule has 0 aromatic heterocycles. The quantitative estimate of drug-likeness (QED) is 0.840. The summed E-state index contributed by atoms with van der Waals surface area (Å²) >= 11 is 5.69. The maximum absolute atomic E-state index is 12.5. The Balaban J connectivity index is 2.18. The highest BCUT2D eigenvalue weighted by molar-refractivity contribution is 6.25. The van der Waals surface area contributed by atoms with Crippen molar-refractivity contribution in [3.8, 4) is 0 Å². The van der Waals surface area contributed by atoms with Crippen LogP contribution in [0.25, 0.3) is 0 Å². The number of nitrogens with zero attached hydrogens (tertiary/aromatic N) is 1. The lowest BCUT2D eigenvalue weighted by atomic mass is 10.00. The molecule has 1 aliphatic carbocycles. The number of amides is 2. The van der Waals surface area contributed by atoms with Gasteiger partial charge in [0, 0.05) is 12.1 Å². The van der Waals surface area contributed by atoms with Gasteiger partial charge in [-0.15, -0.1) is 0 Å². The summed E-state index contributed by atoms with van der Waals surface area (Å²) in [5.74, 6) is 0.376. The van der Waals surface area contributed by atoms with Crippen molar-refractivity contribution in [2.75, 3.05) is 6.54 Å². The minimum absolute atomic E-state index is 0.0132. The van der Waals surface area contributed by atoms with E-state index in [9.17, 15) is 9.59 Å². The molecule has 1 heterocycles. The highest BCUT2D eigenvalue weighted by Crippen LogP contribution is 2.35. The fraction of sp³-hybridized carbons (Fsp3) is 0.714. The zero-order valence-corrected chi connectivity index (χ0v) is 12.2. The van der Waals surface area contributed by atoms with Crippen LogP contribution in [-0.2, 0) is 9.59 Å². The lowest BCUT2D eigenvalue weighted by Gasteiger charge is -2.39. The summed E-state index contributed by atoms with van der Waals surface area (Å²) < 4.78 is 0. The minimum atomic E-state index is -0.348. The second-order valence-corrected chi connectivity index (χ2v) is 5.77. The van der Waals surface area contributed by atoms with Gasteiger partial charge < -0.3 is 10.2 Å². The fourth-order valence-corrected chi connectivity index (χ4v) is 2.65. The Hall–Kier alpha value is -1.03. The summed E-state index contributed by atoms with van der Waals surface area (Å²) in [6.07, 6.45) is 3.64. The highest BCUT2D eigenvalue weighted by Gasteiger charge is 2.46. The largest absolute Gasteiger partial charge is 0.342 e. The van der Waals surface area contributed by atoms with Crippen LogP contribution in [0, 0.1) is 5.92 Å². The predicted molar refractivity (Wildman–Crippen MR) is 74.7 cm³/mol. The Morgan fingerprint density at radius 3 is 2.68 bits per heavy atom. The SMILES string of the molecule is CCCC1C(=O)NC(C2CC2)C(=O)N1CC(C)=CCl. The minimum Gasteiger partial charge on any atom is -0.342 e. The number of hydrogen-bond acceptors (Lipinski definition) is 2. The number of rotatable bonds is 5. The zero-order valence-electron chi connectivity index (χ0n) is 11.5. The second-order valence-electron chi connectivity index (χ2n) is 5.55. The molecule has 1 saturated carbocycles. The molecule has 2 fully saturated rings. The Bertz CT molecular complexity index is 404. The Kier molecular flexibility index (Phi) is 4.50. The maximum atomic E-state index is 12.5. The van der Waals surface area contributed by atoms with Crippen LogP contribution >= 0.6 is 11.6 Å². The van der Waals surface area contributed by atoms with Gasteiger partial charge in [0.25, 0.3) is 0 Å². The van der Waals surface area contributed by atoms with E-state index in [1.54, 1.807) is 4.90 Å². The van der Waals surface area contributed by atoms with Gasteiger partial charge in [0.05, 0.1) is 0 Å². The van der Waals surface area contributed by atoms with Crippen LogP contribution in [0.3, 0.4) is 0 Å². The van der Waals surface area contributed by atoms with Crippen molar-refractivity contribution in [2.45, 2.75) is 51.6 Å². The van der Waals surface area contributed by atoms with Gasteiger partial charge in [-0.3, -0.25) is 9.59 Å². The fourth-order valence-electron chi connectivity index (χ4n) is 2.59. The van der Waals surface area contributed by atoms with Gasteiger partial charge in [-0.2, -0.15) is 0 Å². The number of halogens is 1. The van der Waals surface area contributed by atoms with Crippen LogP contribution in [0.5, 0.6) is 0 Å². The molecule has 1 N–H and O–H groups in total. The third-order valence-corrected chi connectivity index (χ3v) is 4.16. The van der Waals surface area contributed by atoms with Crippen molar-refractivity contribution < 1.29 is 9.59 Å². The average Bonchev–Trinajstić information content (AvgIpc) is 3.21. The summed E-state index contributed by atoms with van der Waals surface area (Å²) in [5, 5.41) is 2.90. The molecule has 0 aromatic carbocycles. The van der Waals surface area contributed by atoms with E-state index in [0.29, 0.717) is 18.9 Å². The first-order valence-electron chi connectivity index (χ1n) is 6.95. The Morgan fingerprint density at radius 1 is 1.47 bits per heavy atom. The smallest absolute Gasteiger partial charge is 0.246 e.